The smallest absolute Gasteiger partial charge is 0.164 e. The first-order chi connectivity index (χ1) is 15.8. The molecule has 0 aliphatic carbocycles. The van der Waals surface area contributed by atoms with E-state index in [-0.39, 0.29) is 12.4 Å². The lowest BCUT2D eigenvalue weighted by Gasteiger charge is -2.12. The predicted molar refractivity (Wildman–Crippen MR) is 132 cm³/mol. The molecule has 3 aromatic carbocycles. The molecule has 5 nitrogen and oxygen atoms in total. The highest BCUT2D eigenvalue weighted by molar-refractivity contribution is 5.69. The van der Waals surface area contributed by atoms with Crippen molar-refractivity contribution in [1.82, 2.24) is 15.0 Å². The van der Waals surface area contributed by atoms with Crippen LogP contribution >= 0.6 is 0 Å². The lowest BCUT2D eigenvalue weighted by molar-refractivity contribution is 0.272. The Kier molecular flexibility index (Phi) is 6.22. The maximum Gasteiger partial charge on any atom is 0.164 e. The van der Waals surface area contributed by atoms with E-state index in [0.29, 0.717) is 23.2 Å². The van der Waals surface area contributed by atoms with Crippen LogP contribution in [0.1, 0.15) is 22.3 Å². The minimum Gasteiger partial charge on any atom is -0.509 e. The summed E-state index contributed by atoms with van der Waals surface area (Å²) in [5, 5.41) is 9.26. The van der Waals surface area contributed by atoms with E-state index >= 15 is 0 Å². The molecule has 0 unspecified atom stereocenters. The summed E-state index contributed by atoms with van der Waals surface area (Å²) in [7, 11) is 0. The Hall–Kier alpha value is -3.99. The molecule has 0 amide bonds. The van der Waals surface area contributed by atoms with Crippen LogP contribution in [0, 0.1) is 27.7 Å². The number of aliphatic hydroxyl groups excluding tert-OH is 1. The van der Waals surface area contributed by atoms with Crippen molar-refractivity contribution < 1.29 is 9.84 Å². The topological polar surface area (TPSA) is 68.1 Å². The molecule has 0 radical (unpaired) electrons. The van der Waals surface area contributed by atoms with Gasteiger partial charge in [-0.05, 0) is 63.1 Å². The second-order valence-electron chi connectivity index (χ2n) is 8.32. The van der Waals surface area contributed by atoms with Gasteiger partial charge in [-0.15, -0.1) is 0 Å². The zero-order valence-electron chi connectivity index (χ0n) is 19.4. The van der Waals surface area contributed by atoms with Gasteiger partial charge < -0.3 is 9.84 Å². The van der Waals surface area contributed by atoms with Crippen molar-refractivity contribution in [1.29, 1.82) is 0 Å². The van der Waals surface area contributed by atoms with E-state index in [1.807, 2.05) is 24.3 Å². The highest BCUT2D eigenvalue weighted by atomic mass is 16.5. The van der Waals surface area contributed by atoms with E-state index in [1.165, 1.54) is 11.1 Å². The second-order valence-corrected chi connectivity index (χ2v) is 8.32. The molecular formula is C28H27N3O2. The lowest BCUT2D eigenvalue weighted by atomic mass is 10.0. The normalized spacial score (nSPS) is 10.8. The van der Waals surface area contributed by atoms with Crippen LogP contribution in [0.15, 0.2) is 73.0 Å². The van der Waals surface area contributed by atoms with E-state index in [1.54, 1.807) is 0 Å². The lowest BCUT2D eigenvalue weighted by Crippen LogP contribution is -2.02. The first-order valence-electron chi connectivity index (χ1n) is 10.8. The SMILES string of the molecule is C=C(O)COc1ccc(-c2nc(-c3ccc(C)cc3C)nc(-c3ccc(C)cc3C)n2)cc1. The van der Waals surface area contributed by atoms with E-state index in [9.17, 15) is 5.11 Å². The molecule has 4 aromatic rings. The molecule has 0 spiro atoms. The number of hydrogen-bond donors (Lipinski definition) is 1. The van der Waals surface area contributed by atoms with Gasteiger partial charge in [0.15, 0.2) is 17.5 Å². The number of aromatic nitrogens is 3. The van der Waals surface area contributed by atoms with Crippen molar-refractivity contribution in [3.8, 4) is 39.9 Å². The molecule has 1 N–H and O–H groups in total. The van der Waals surface area contributed by atoms with Gasteiger partial charge in [-0.25, -0.2) is 15.0 Å². The van der Waals surface area contributed by atoms with Gasteiger partial charge in [-0.3, -0.25) is 0 Å². The van der Waals surface area contributed by atoms with Gasteiger partial charge in [0.25, 0.3) is 0 Å². The van der Waals surface area contributed by atoms with E-state index < -0.39 is 0 Å². The molecule has 0 fully saturated rings. The molecule has 4 rings (SSSR count). The predicted octanol–water partition coefficient (Wildman–Crippen LogP) is 6.56. The summed E-state index contributed by atoms with van der Waals surface area (Å²) < 4.78 is 5.50. The van der Waals surface area contributed by atoms with Crippen molar-refractivity contribution in [2.45, 2.75) is 27.7 Å². The molecule has 0 atom stereocenters. The molecule has 5 heteroatoms. The summed E-state index contributed by atoms with van der Waals surface area (Å²) in [5.41, 5.74) is 7.44. The van der Waals surface area contributed by atoms with Gasteiger partial charge in [0.05, 0.1) is 0 Å². The van der Waals surface area contributed by atoms with Crippen LogP contribution in [0.25, 0.3) is 34.2 Å². The molecule has 0 bridgehead atoms. The molecule has 0 aliphatic heterocycles. The van der Waals surface area contributed by atoms with Crippen LogP contribution in [0.2, 0.25) is 0 Å². The Morgan fingerprint density at radius 1 is 0.727 bits per heavy atom. The van der Waals surface area contributed by atoms with Gasteiger partial charge in [0.2, 0.25) is 0 Å². The minimum absolute atomic E-state index is 0.0206. The first kappa shape index (κ1) is 22.2. The fraction of sp³-hybridized carbons (Fsp3) is 0.179. The summed E-state index contributed by atoms with van der Waals surface area (Å²) in [5.74, 6) is 2.49. The fourth-order valence-electron chi connectivity index (χ4n) is 3.74. The maximum absolute atomic E-state index is 9.26. The van der Waals surface area contributed by atoms with Crippen LogP contribution in [-0.4, -0.2) is 26.7 Å². The monoisotopic (exact) mass is 437 g/mol. The molecule has 0 saturated heterocycles. The summed E-state index contributed by atoms with van der Waals surface area (Å²) >= 11 is 0. The number of aryl methyl sites for hydroxylation is 4. The Labute approximate surface area is 194 Å². The van der Waals surface area contributed by atoms with E-state index in [0.717, 1.165) is 27.8 Å². The van der Waals surface area contributed by atoms with Gasteiger partial charge in [-0.1, -0.05) is 54.1 Å². The quantitative estimate of drug-likeness (QED) is 0.346. The van der Waals surface area contributed by atoms with Crippen molar-refractivity contribution in [3.63, 3.8) is 0 Å². The van der Waals surface area contributed by atoms with Gasteiger partial charge in [0.1, 0.15) is 18.1 Å². The van der Waals surface area contributed by atoms with Crippen LogP contribution in [-0.2, 0) is 0 Å². The third kappa shape index (κ3) is 5.09. The van der Waals surface area contributed by atoms with Crippen molar-refractivity contribution in [3.05, 3.63) is 95.3 Å². The molecular weight excluding hydrogens is 410 g/mol. The Morgan fingerprint density at radius 2 is 1.21 bits per heavy atom. The molecule has 1 heterocycles. The number of benzene rings is 3. The molecule has 166 valence electrons. The summed E-state index contributed by atoms with van der Waals surface area (Å²) in [4.78, 5) is 14.5. The largest absolute Gasteiger partial charge is 0.509 e. The minimum atomic E-state index is -0.0206. The zero-order valence-corrected chi connectivity index (χ0v) is 19.4. The number of rotatable bonds is 6. The fourth-order valence-corrected chi connectivity index (χ4v) is 3.74. The number of hydrogen-bond acceptors (Lipinski definition) is 5. The summed E-state index contributed by atoms with van der Waals surface area (Å²) in [6, 6.07) is 20.0. The first-order valence-corrected chi connectivity index (χ1v) is 10.8. The number of ether oxygens (including phenoxy) is 1. The average Bonchev–Trinajstić information content (AvgIpc) is 2.77. The highest BCUT2D eigenvalue weighted by Gasteiger charge is 2.15. The molecule has 1 aromatic heterocycles. The Balaban J connectivity index is 1.83. The van der Waals surface area contributed by atoms with Crippen molar-refractivity contribution in [2.24, 2.45) is 0 Å². The Morgan fingerprint density at radius 3 is 1.67 bits per heavy atom. The summed E-state index contributed by atoms with van der Waals surface area (Å²) in [6.07, 6.45) is 0. The zero-order chi connectivity index (χ0) is 23.5. The van der Waals surface area contributed by atoms with Gasteiger partial charge >= 0.3 is 0 Å². The van der Waals surface area contributed by atoms with Crippen molar-refractivity contribution >= 4 is 0 Å². The number of nitrogens with zero attached hydrogens (tertiary/aromatic N) is 3. The van der Waals surface area contributed by atoms with Crippen molar-refractivity contribution in [2.75, 3.05) is 6.61 Å². The Bertz CT molecular complexity index is 1260. The molecule has 33 heavy (non-hydrogen) atoms. The highest BCUT2D eigenvalue weighted by Crippen LogP contribution is 2.29. The van der Waals surface area contributed by atoms with Crippen LogP contribution in [0.4, 0.5) is 0 Å². The second kappa shape index (κ2) is 9.25. The average molecular weight is 438 g/mol. The van der Waals surface area contributed by atoms with Crippen LogP contribution in [0.5, 0.6) is 5.75 Å². The molecule has 0 aliphatic rings. The van der Waals surface area contributed by atoms with E-state index in [4.69, 9.17) is 19.7 Å². The summed E-state index contributed by atoms with van der Waals surface area (Å²) in [6.45, 7) is 11.8. The standard InChI is InChI=1S/C28H27N3O2/c1-17-6-12-24(19(3)14-17)27-29-26(22-8-10-23(11-9-22)33-16-21(5)32)30-28(31-27)25-13-7-18(2)15-20(25)4/h6-15,32H,5,16H2,1-4H3. The van der Waals surface area contributed by atoms with Gasteiger partial charge in [0, 0.05) is 16.7 Å². The third-order valence-electron chi connectivity index (χ3n) is 5.40. The van der Waals surface area contributed by atoms with Crippen LogP contribution in [0.3, 0.4) is 0 Å². The molecule has 0 saturated carbocycles. The van der Waals surface area contributed by atoms with Gasteiger partial charge in [-0.2, -0.15) is 0 Å². The maximum atomic E-state index is 9.26. The van der Waals surface area contributed by atoms with Crippen LogP contribution < -0.4 is 4.74 Å². The third-order valence-corrected chi connectivity index (χ3v) is 5.40. The number of aliphatic hydroxyl groups is 1. The van der Waals surface area contributed by atoms with E-state index in [2.05, 4.69) is 70.7 Å².